The van der Waals surface area contributed by atoms with Crippen molar-refractivity contribution in [1.29, 1.82) is 0 Å². The number of carbonyl (C=O) groups excluding carboxylic acids is 1. The number of nitrogens with zero attached hydrogens (tertiary/aromatic N) is 2. The summed E-state index contributed by atoms with van der Waals surface area (Å²) in [5.74, 6) is -0.642. The van der Waals surface area contributed by atoms with Gasteiger partial charge in [0.15, 0.2) is 0 Å². The van der Waals surface area contributed by atoms with Gasteiger partial charge in [-0.05, 0) is 24.8 Å². The summed E-state index contributed by atoms with van der Waals surface area (Å²) in [6, 6.07) is 1.10. The van der Waals surface area contributed by atoms with E-state index >= 15 is 0 Å². The second kappa shape index (κ2) is 5.87. The van der Waals surface area contributed by atoms with E-state index in [0.29, 0.717) is 24.6 Å². The van der Waals surface area contributed by atoms with Crippen molar-refractivity contribution < 1.29 is 18.5 Å². The minimum atomic E-state index is -1.34. The lowest BCUT2D eigenvalue weighted by Gasteiger charge is -2.20. The summed E-state index contributed by atoms with van der Waals surface area (Å²) in [6.07, 6.45) is 7.06. The Morgan fingerprint density at radius 3 is 2.67 bits per heavy atom. The van der Waals surface area contributed by atoms with E-state index in [-0.39, 0.29) is 6.54 Å². The fourth-order valence-electron chi connectivity index (χ4n) is 1.98. The quantitative estimate of drug-likeness (QED) is 0.476. The van der Waals surface area contributed by atoms with E-state index in [1.54, 1.807) is 0 Å². The first-order valence-electron chi connectivity index (χ1n) is 6.30. The van der Waals surface area contributed by atoms with E-state index in [2.05, 4.69) is 5.92 Å². The molecule has 0 spiro atoms. The normalized spacial score (nSPS) is 13.6. The van der Waals surface area contributed by atoms with Gasteiger partial charge < -0.3 is 4.90 Å². The van der Waals surface area contributed by atoms with Crippen LogP contribution < -0.4 is 0 Å². The van der Waals surface area contributed by atoms with Crippen LogP contribution in [0.5, 0.6) is 0 Å². The molecule has 0 saturated heterocycles. The van der Waals surface area contributed by atoms with E-state index < -0.39 is 33.7 Å². The molecule has 21 heavy (non-hydrogen) atoms. The van der Waals surface area contributed by atoms with Crippen LogP contribution in [0.25, 0.3) is 0 Å². The number of nitro groups is 1. The predicted octanol–water partition coefficient (Wildman–Crippen LogP) is 2.36. The highest BCUT2D eigenvalue weighted by Crippen LogP contribution is 2.31. The third-order valence-electron chi connectivity index (χ3n) is 3.19. The lowest BCUT2D eigenvalue weighted by molar-refractivity contribution is -0.387. The maximum atomic E-state index is 14.0. The van der Waals surface area contributed by atoms with E-state index in [0.717, 1.165) is 12.8 Å². The van der Waals surface area contributed by atoms with Crippen molar-refractivity contribution in [3.8, 4) is 12.3 Å². The molecule has 1 aromatic carbocycles. The number of hydrogen-bond acceptors (Lipinski definition) is 3. The molecule has 0 heterocycles. The molecule has 0 aromatic heterocycles. The SMILES string of the molecule is C#CCN(CC1CC1)C(=O)c1cc(F)cc([N+](=O)[O-])c1F. The summed E-state index contributed by atoms with van der Waals surface area (Å²) >= 11 is 0. The Morgan fingerprint density at radius 1 is 1.48 bits per heavy atom. The molecule has 1 fully saturated rings. The van der Waals surface area contributed by atoms with Crippen molar-refractivity contribution in [1.82, 2.24) is 4.90 Å². The highest BCUT2D eigenvalue weighted by Gasteiger charge is 2.30. The number of nitro benzene ring substituents is 1. The van der Waals surface area contributed by atoms with Crippen molar-refractivity contribution >= 4 is 11.6 Å². The Kier molecular flexibility index (Phi) is 4.17. The Bertz CT molecular complexity index is 636. The monoisotopic (exact) mass is 294 g/mol. The molecular formula is C14H12F2N2O3. The first kappa shape index (κ1) is 14.9. The van der Waals surface area contributed by atoms with Crippen LogP contribution in [0.4, 0.5) is 14.5 Å². The maximum absolute atomic E-state index is 14.0. The van der Waals surface area contributed by atoms with Crippen LogP contribution >= 0.6 is 0 Å². The van der Waals surface area contributed by atoms with Gasteiger partial charge in [-0.1, -0.05) is 5.92 Å². The molecule has 0 radical (unpaired) electrons. The van der Waals surface area contributed by atoms with E-state index in [9.17, 15) is 23.7 Å². The summed E-state index contributed by atoms with van der Waals surface area (Å²) in [7, 11) is 0. The zero-order valence-corrected chi connectivity index (χ0v) is 11.0. The van der Waals surface area contributed by atoms with Gasteiger partial charge in [-0.25, -0.2) is 4.39 Å². The van der Waals surface area contributed by atoms with Gasteiger partial charge in [-0.2, -0.15) is 4.39 Å². The molecule has 0 atom stereocenters. The third-order valence-corrected chi connectivity index (χ3v) is 3.19. The van der Waals surface area contributed by atoms with Crippen molar-refractivity contribution in [2.75, 3.05) is 13.1 Å². The molecule has 110 valence electrons. The molecule has 1 aliphatic carbocycles. The van der Waals surface area contributed by atoms with Crippen LogP contribution in [0.1, 0.15) is 23.2 Å². The van der Waals surface area contributed by atoms with E-state index in [1.807, 2.05) is 0 Å². The number of terminal acetylenes is 1. The topological polar surface area (TPSA) is 63.5 Å². The number of benzene rings is 1. The molecule has 0 N–H and O–H groups in total. The summed E-state index contributed by atoms with van der Waals surface area (Å²) in [6.45, 7) is 0.284. The minimum absolute atomic E-state index is 0.0565. The van der Waals surface area contributed by atoms with Gasteiger partial charge in [0.1, 0.15) is 5.82 Å². The largest absolute Gasteiger partial charge is 0.327 e. The Hall–Kier alpha value is -2.49. The third kappa shape index (κ3) is 3.34. The molecule has 2 rings (SSSR count). The lowest BCUT2D eigenvalue weighted by atomic mass is 10.1. The average molecular weight is 294 g/mol. The van der Waals surface area contributed by atoms with Crippen molar-refractivity contribution in [2.45, 2.75) is 12.8 Å². The highest BCUT2D eigenvalue weighted by atomic mass is 19.1. The molecule has 1 amide bonds. The minimum Gasteiger partial charge on any atom is -0.327 e. The first-order valence-corrected chi connectivity index (χ1v) is 6.30. The number of carbonyl (C=O) groups is 1. The van der Waals surface area contributed by atoms with Gasteiger partial charge >= 0.3 is 5.69 Å². The number of halogens is 2. The Morgan fingerprint density at radius 2 is 2.14 bits per heavy atom. The van der Waals surface area contributed by atoms with Gasteiger partial charge in [0, 0.05) is 6.54 Å². The predicted molar refractivity (Wildman–Crippen MR) is 70.5 cm³/mol. The van der Waals surface area contributed by atoms with Crippen molar-refractivity contribution in [3.63, 3.8) is 0 Å². The van der Waals surface area contributed by atoms with Gasteiger partial charge in [0.25, 0.3) is 5.91 Å². The standard InChI is InChI=1S/C14H12F2N2O3/c1-2-5-17(8-9-3-4-9)14(19)11-6-10(15)7-12(13(11)16)18(20)21/h1,6-7,9H,3-5,8H2. The zero-order valence-electron chi connectivity index (χ0n) is 11.0. The zero-order chi connectivity index (χ0) is 15.6. The second-order valence-electron chi connectivity index (χ2n) is 4.88. The van der Waals surface area contributed by atoms with Gasteiger partial charge in [0.2, 0.25) is 5.82 Å². The number of rotatable bonds is 5. The van der Waals surface area contributed by atoms with Crippen molar-refractivity contribution in [2.24, 2.45) is 5.92 Å². The highest BCUT2D eigenvalue weighted by molar-refractivity contribution is 5.95. The number of amides is 1. The lowest BCUT2D eigenvalue weighted by Crippen LogP contribution is -2.34. The molecule has 5 nitrogen and oxygen atoms in total. The molecule has 1 saturated carbocycles. The van der Waals surface area contributed by atoms with Gasteiger partial charge in [0.05, 0.1) is 23.1 Å². The Labute approximate surface area is 119 Å². The summed E-state index contributed by atoms with van der Waals surface area (Å²) in [4.78, 5) is 23.1. The van der Waals surface area contributed by atoms with E-state index in [1.165, 1.54) is 4.90 Å². The van der Waals surface area contributed by atoms with Crippen LogP contribution in [0.3, 0.4) is 0 Å². The molecule has 1 aliphatic rings. The van der Waals surface area contributed by atoms with Gasteiger partial charge in [-0.15, -0.1) is 6.42 Å². The molecular weight excluding hydrogens is 282 g/mol. The van der Waals surface area contributed by atoms with Crippen LogP contribution in [0, 0.1) is 40.0 Å². The van der Waals surface area contributed by atoms with Crippen LogP contribution in [-0.2, 0) is 0 Å². The van der Waals surface area contributed by atoms with E-state index in [4.69, 9.17) is 6.42 Å². The van der Waals surface area contributed by atoms with Crippen LogP contribution in [0.15, 0.2) is 12.1 Å². The fraction of sp³-hybridized carbons (Fsp3) is 0.357. The average Bonchev–Trinajstić information content (AvgIpc) is 3.23. The molecule has 7 heteroatoms. The van der Waals surface area contributed by atoms with Gasteiger partial charge in [-0.3, -0.25) is 14.9 Å². The second-order valence-corrected chi connectivity index (χ2v) is 4.88. The fourth-order valence-corrected chi connectivity index (χ4v) is 1.98. The maximum Gasteiger partial charge on any atom is 0.308 e. The smallest absolute Gasteiger partial charge is 0.308 e. The summed E-state index contributed by atoms with van der Waals surface area (Å²) in [5.41, 5.74) is -1.73. The summed E-state index contributed by atoms with van der Waals surface area (Å²) in [5, 5.41) is 10.7. The molecule has 1 aromatic rings. The summed E-state index contributed by atoms with van der Waals surface area (Å²) < 4.78 is 27.4. The van der Waals surface area contributed by atoms with Crippen LogP contribution in [-0.4, -0.2) is 28.8 Å². The molecule has 0 aliphatic heterocycles. The van der Waals surface area contributed by atoms with Crippen molar-refractivity contribution in [3.05, 3.63) is 39.4 Å². The molecule has 0 unspecified atom stereocenters. The van der Waals surface area contributed by atoms with Crippen LogP contribution in [0.2, 0.25) is 0 Å². The Balaban J connectivity index is 2.36. The first-order chi connectivity index (χ1) is 9.93. The molecule has 0 bridgehead atoms. The number of hydrogen-bond donors (Lipinski definition) is 0.